The zero-order chi connectivity index (χ0) is 23.4. The van der Waals surface area contributed by atoms with Gasteiger partial charge in [0.2, 0.25) is 0 Å². The lowest BCUT2D eigenvalue weighted by Crippen LogP contribution is -2.28. The molecule has 0 atom stereocenters. The SMILES string of the molecule is O=C(NCc1cccnc1)Nc1ccc(S(=O)(=O)Nc2cc(C(F)(F)F)ccc2Br)cc1. The van der Waals surface area contributed by atoms with Crippen molar-refractivity contribution in [3.05, 3.63) is 82.6 Å². The number of carbonyl (C=O) groups excluding carboxylic acids is 1. The van der Waals surface area contributed by atoms with Gasteiger partial charge in [-0.05, 0) is 70.0 Å². The molecule has 3 N–H and O–H groups in total. The number of halogens is 4. The van der Waals surface area contributed by atoms with E-state index in [1.54, 1.807) is 24.5 Å². The largest absolute Gasteiger partial charge is 0.416 e. The second-order valence-corrected chi connectivity index (χ2v) is 9.03. The van der Waals surface area contributed by atoms with Crippen LogP contribution in [0, 0.1) is 0 Å². The molecule has 0 aliphatic rings. The van der Waals surface area contributed by atoms with Crippen LogP contribution in [-0.4, -0.2) is 19.4 Å². The third-order valence-corrected chi connectivity index (χ3v) is 6.21. The zero-order valence-electron chi connectivity index (χ0n) is 16.2. The van der Waals surface area contributed by atoms with E-state index in [0.717, 1.165) is 17.7 Å². The maximum absolute atomic E-state index is 12.9. The van der Waals surface area contributed by atoms with E-state index in [4.69, 9.17) is 0 Å². The number of nitrogens with zero attached hydrogens (tertiary/aromatic N) is 1. The molecular formula is C20H16BrF3N4O3S. The lowest BCUT2D eigenvalue weighted by molar-refractivity contribution is -0.137. The summed E-state index contributed by atoms with van der Waals surface area (Å²) in [6.07, 6.45) is -1.40. The fourth-order valence-electron chi connectivity index (χ4n) is 2.56. The summed E-state index contributed by atoms with van der Waals surface area (Å²) < 4.78 is 66.2. The summed E-state index contributed by atoms with van der Waals surface area (Å²) in [6, 6.07) is 10.8. The minimum atomic E-state index is -4.62. The summed E-state index contributed by atoms with van der Waals surface area (Å²) in [6.45, 7) is 0.252. The zero-order valence-corrected chi connectivity index (χ0v) is 18.6. The molecule has 1 aromatic heterocycles. The maximum atomic E-state index is 12.9. The lowest BCUT2D eigenvalue weighted by atomic mass is 10.2. The van der Waals surface area contributed by atoms with Crippen LogP contribution in [0.1, 0.15) is 11.1 Å². The van der Waals surface area contributed by atoms with Gasteiger partial charge in [-0.3, -0.25) is 9.71 Å². The molecule has 0 spiro atoms. The van der Waals surface area contributed by atoms with Crippen LogP contribution in [-0.2, 0) is 22.7 Å². The number of benzene rings is 2. The molecule has 0 unspecified atom stereocenters. The van der Waals surface area contributed by atoms with E-state index in [-0.39, 0.29) is 21.6 Å². The van der Waals surface area contributed by atoms with Crippen molar-refractivity contribution in [1.82, 2.24) is 10.3 Å². The molecule has 0 aliphatic heterocycles. The number of pyridine rings is 1. The fraction of sp³-hybridized carbons (Fsp3) is 0.100. The van der Waals surface area contributed by atoms with Crippen LogP contribution >= 0.6 is 15.9 Å². The number of hydrogen-bond donors (Lipinski definition) is 3. The molecule has 1 heterocycles. The highest BCUT2D eigenvalue weighted by molar-refractivity contribution is 9.10. The summed E-state index contributed by atoms with van der Waals surface area (Å²) in [5, 5.41) is 5.19. The monoisotopic (exact) mass is 528 g/mol. The van der Waals surface area contributed by atoms with Crippen molar-refractivity contribution < 1.29 is 26.4 Å². The molecule has 32 heavy (non-hydrogen) atoms. The van der Waals surface area contributed by atoms with Crippen LogP contribution in [0.2, 0.25) is 0 Å². The Labute approximate surface area is 190 Å². The van der Waals surface area contributed by atoms with Crippen molar-refractivity contribution in [3.8, 4) is 0 Å². The first-order valence-electron chi connectivity index (χ1n) is 8.98. The molecule has 2 aromatic carbocycles. The van der Waals surface area contributed by atoms with Crippen molar-refractivity contribution in [1.29, 1.82) is 0 Å². The van der Waals surface area contributed by atoms with Crippen molar-refractivity contribution >= 4 is 43.4 Å². The number of anilines is 2. The highest BCUT2D eigenvalue weighted by atomic mass is 79.9. The summed E-state index contributed by atoms with van der Waals surface area (Å²) in [4.78, 5) is 15.7. The predicted octanol–water partition coefficient (Wildman–Crippen LogP) is 4.99. The Morgan fingerprint density at radius 2 is 1.78 bits per heavy atom. The number of aromatic nitrogens is 1. The number of nitrogens with one attached hydrogen (secondary N) is 3. The molecule has 3 aromatic rings. The minimum Gasteiger partial charge on any atom is -0.334 e. The maximum Gasteiger partial charge on any atom is 0.416 e. The molecule has 3 rings (SSSR count). The van der Waals surface area contributed by atoms with Crippen LogP contribution < -0.4 is 15.4 Å². The highest BCUT2D eigenvalue weighted by Crippen LogP contribution is 2.34. The highest BCUT2D eigenvalue weighted by Gasteiger charge is 2.31. The van der Waals surface area contributed by atoms with Crippen LogP contribution in [0.3, 0.4) is 0 Å². The first-order chi connectivity index (χ1) is 15.0. The average molecular weight is 529 g/mol. The predicted molar refractivity (Wildman–Crippen MR) is 116 cm³/mol. The number of rotatable bonds is 6. The number of urea groups is 1. The second kappa shape index (κ2) is 9.57. The van der Waals surface area contributed by atoms with Gasteiger partial charge in [-0.2, -0.15) is 13.2 Å². The summed E-state index contributed by atoms with van der Waals surface area (Å²) in [7, 11) is -4.17. The fourth-order valence-corrected chi connectivity index (χ4v) is 4.11. The van der Waals surface area contributed by atoms with Crippen LogP contribution in [0.25, 0.3) is 0 Å². The van der Waals surface area contributed by atoms with Crippen LogP contribution in [0.15, 0.2) is 76.4 Å². The molecule has 0 radical (unpaired) electrons. The number of alkyl halides is 3. The van der Waals surface area contributed by atoms with Gasteiger partial charge in [0.25, 0.3) is 10.0 Å². The molecular weight excluding hydrogens is 513 g/mol. The molecule has 12 heteroatoms. The van der Waals surface area contributed by atoms with Gasteiger partial charge in [-0.1, -0.05) is 6.07 Å². The molecule has 0 fully saturated rings. The average Bonchev–Trinajstić information content (AvgIpc) is 2.74. The van der Waals surface area contributed by atoms with Gasteiger partial charge in [0.15, 0.2) is 0 Å². The Kier molecular flexibility index (Phi) is 7.04. The molecule has 2 amide bonds. The Morgan fingerprint density at radius 3 is 2.41 bits per heavy atom. The standard InChI is InChI=1S/C20H16BrF3N4O3S/c21-17-8-3-14(20(22,23)24)10-18(17)28-32(30,31)16-6-4-15(5-7-16)27-19(29)26-12-13-2-1-9-25-11-13/h1-11,28H,12H2,(H2,26,27,29). The van der Waals surface area contributed by atoms with E-state index in [1.165, 1.54) is 24.3 Å². The Bertz CT molecular complexity index is 1210. The first kappa shape index (κ1) is 23.5. The van der Waals surface area contributed by atoms with Gasteiger partial charge < -0.3 is 10.6 Å². The Hall–Kier alpha value is -3.12. The third-order valence-electron chi connectivity index (χ3n) is 4.14. The van der Waals surface area contributed by atoms with Gasteiger partial charge in [0.05, 0.1) is 16.1 Å². The van der Waals surface area contributed by atoms with Crippen molar-refractivity contribution in [3.63, 3.8) is 0 Å². The molecule has 0 saturated heterocycles. The Morgan fingerprint density at radius 1 is 1.06 bits per heavy atom. The quantitative estimate of drug-likeness (QED) is 0.419. The van der Waals surface area contributed by atoms with Crippen LogP contribution in [0.5, 0.6) is 0 Å². The molecule has 0 aliphatic carbocycles. The van der Waals surface area contributed by atoms with E-state index in [0.29, 0.717) is 11.8 Å². The van der Waals surface area contributed by atoms with Gasteiger partial charge in [-0.25, -0.2) is 13.2 Å². The number of hydrogen-bond acceptors (Lipinski definition) is 4. The topological polar surface area (TPSA) is 100 Å². The number of carbonyl (C=O) groups is 1. The van der Waals surface area contributed by atoms with Crippen molar-refractivity contribution in [2.24, 2.45) is 0 Å². The van der Waals surface area contributed by atoms with E-state index in [1.807, 2.05) is 0 Å². The third kappa shape index (κ3) is 6.20. The second-order valence-electron chi connectivity index (χ2n) is 6.49. The normalized spacial score (nSPS) is 11.6. The Balaban J connectivity index is 1.66. The van der Waals surface area contributed by atoms with Gasteiger partial charge in [-0.15, -0.1) is 0 Å². The summed E-state index contributed by atoms with van der Waals surface area (Å²) >= 11 is 3.04. The van der Waals surface area contributed by atoms with E-state index in [9.17, 15) is 26.4 Å². The van der Waals surface area contributed by atoms with Crippen molar-refractivity contribution in [2.45, 2.75) is 17.6 Å². The van der Waals surface area contributed by atoms with Gasteiger partial charge in [0.1, 0.15) is 0 Å². The molecule has 168 valence electrons. The van der Waals surface area contributed by atoms with Crippen LogP contribution in [0.4, 0.5) is 29.3 Å². The lowest BCUT2D eigenvalue weighted by Gasteiger charge is -2.13. The van der Waals surface area contributed by atoms with E-state index in [2.05, 4.69) is 36.3 Å². The molecule has 0 bridgehead atoms. The number of amides is 2. The smallest absolute Gasteiger partial charge is 0.334 e. The van der Waals surface area contributed by atoms with E-state index >= 15 is 0 Å². The van der Waals surface area contributed by atoms with Crippen molar-refractivity contribution in [2.75, 3.05) is 10.0 Å². The molecule has 7 nitrogen and oxygen atoms in total. The first-order valence-corrected chi connectivity index (χ1v) is 11.3. The molecule has 0 saturated carbocycles. The van der Waals surface area contributed by atoms with Gasteiger partial charge >= 0.3 is 12.2 Å². The number of sulfonamides is 1. The van der Waals surface area contributed by atoms with Gasteiger partial charge in [0, 0.05) is 29.1 Å². The van der Waals surface area contributed by atoms with E-state index < -0.39 is 27.8 Å². The summed E-state index contributed by atoms with van der Waals surface area (Å²) in [5.41, 5.74) is -0.115. The summed E-state index contributed by atoms with van der Waals surface area (Å²) in [5.74, 6) is 0. The minimum absolute atomic E-state index is 0.151.